The van der Waals surface area contributed by atoms with Gasteiger partial charge in [-0.3, -0.25) is 4.79 Å². The molecule has 5 heteroatoms. The lowest BCUT2D eigenvalue weighted by Gasteiger charge is -2.31. The minimum absolute atomic E-state index is 0.00798. The molecule has 124 valence electrons. The number of aliphatic hydroxyl groups is 1. The minimum Gasteiger partial charge on any atom is -0.394 e. The maximum Gasteiger partial charge on any atom is 0.243 e. The number of amides is 1. The molecule has 1 aromatic heterocycles. The van der Waals surface area contributed by atoms with E-state index in [4.69, 9.17) is 0 Å². The fraction of sp³-hybridized carbons (Fsp3) is 0.500. The van der Waals surface area contributed by atoms with E-state index in [2.05, 4.69) is 41.2 Å². The minimum atomic E-state index is -0.254. The van der Waals surface area contributed by atoms with Crippen LogP contribution < -0.4 is 10.2 Å². The normalized spacial score (nSPS) is 22.0. The largest absolute Gasteiger partial charge is 0.394 e. The first-order valence-electron chi connectivity index (χ1n) is 8.24. The van der Waals surface area contributed by atoms with Crippen molar-refractivity contribution < 1.29 is 9.90 Å². The van der Waals surface area contributed by atoms with E-state index in [-0.39, 0.29) is 24.6 Å². The SMILES string of the molecule is CC(C)C[C@H]1C(=O)N[C@H](CO)Cc2c[nH]c3cccc(c23)N1C. The van der Waals surface area contributed by atoms with Crippen molar-refractivity contribution in [2.45, 2.75) is 38.8 Å². The van der Waals surface area contributed by atoms with Crippen molar-refractivity contribution in [2.75, 3.05) is 18.6 Å². The first-order valence-corrected chi connectivity index (χ1v) is 8.24. The number of aromatic amines is 1. The first kappa shape index (κ1) is 15.9. The summed E-state index contributed by atoms with van der Waals surface area (Å²) in [5, 5.41) is 13.8. The van der Waals surface area contributed by atoms with Crippen molar-refractivity contribution in [3.8, 4) is 0 Å². The fourth-order valence-corrected chi connectivity index (χ4v) is 3.47. The molecule has 1 aliphatic rings. The third-order valence-electron chi connectivity index (χ3n) is 4.64. The standard InChI is InChI=1S/C18H25N3O2/c1-11(2)7-16-18(23)20-13(10-22)8-12-9-19-14-5-4-6-15(17(12)14)21(16)3/h4-6,9,11,13,16,19,22H,7-8,10H2,1-3H3,(H,20,23)/t13-,16-/m0/s1. The van der Waals surface area contributed by atoms with Crippen molar-refractivity contribution in [1.82, 2.24) is 10.3 Å². The van der Waals surface area contributed by atoms with Crippen LogP contribution in [-0.2, 0) is 11.2 Å². The Morgan fingerprint density at radius 2 is 2.17 bits per heavy atom. The van der Waals surface area contributed by atoms with E-state index >= 15 is 0 Å². The Morgan fingerprint density at radius 3 is 2.87 bits per heavy atom. The molecule has 0 fully saturated rings. The van der Waals surface area contributed by atoms with Crippen molar-refractivity contribution in [1.29, 1.82) is 0 Å². The maximum absolute atomic E-state index is 12.8. The van der Waals surface area contributed by atoms with Crippen LogP contribution in [0, 0.1) is 5.92 Å². The van der Waals surface area contributed by atoms with Gasteiger partial charge in [-0.05, 0) is 36.5 Å². The van der Waals surface area contributed by atoms with Crippen LogP contribution in [0.1, 0.15) is 25.8 Å². The summed E-state index contributed by atoms with van der Waals surface area (Å²) in [6.07, 6.45) is 3.39. The van der Waals surface area contributed by atoms with E-state index in [0.717, 1.165) is 28.6 Å². The van der Waals surface area contributed by atoms with Gasteiger partial charge in [0, 0.05) is 29.8 Å². The molecule has 3 rings (SSSR count). The number of anilines is 1. The summed E-state index contributed by atoms with van der Waals surface area (Å²) in [6, 6.07) is 5.64. The number of hydrogen-bond donors (Lipinski definition) is 3. The summed E-state index contributed by atoms with van der Waals surface area (Å²) in [5.74, 6) is 0.401. The fourth-order valence-electron chi connectivity index (χ4n) is 3.47. The highest BCUT2D eigenvalue weighted by atomic mass is 16.3. The lowest BCUT2D eigenvalue weighted by Crippen LogP contribution is -2.50. The molecule has 0 radical (unpaired) electrons. The first-order chi connectivity index (χ1) is 11.0. The number of nitrogens with one attached hydrogen (secondary N) is 2. The second kappa shape index (κ2) is 6.24. The Labute approximate surface area is 136 Å². The molecule has 0 aliphatic carbocycles. The number of nitrogens with zero attached hydrogens (tertiary/aromatic N) is 1. The Bertz CT molecular complexity index is 707. The predicted molar refractivity (Wildman–Crippen MR) is 92.7 cm³/mol. The van der Waals surface area contributed by atoms with Crippen LogP contribution in [0.15, 0.2) is 24.4 Å². The Kier molecular flexibility index (Phi) is 4.31. The molecule has 2 atom stereocenters. The van der Waals surface area contributed by atoms with Gasteiger partial charge in [0.1, 0.15) is 6.04 Å². The van der Waals surface area contributed by atoms with Gasteiger partial charge in [-0.1, -0.05) is 19.9 Å². The molecule has 0 saturated heterocycles. The summed E-state index contributed by atoms with van der Waals surface area (Å²) >= 11 is 0. The summed E-state index contributed by atoms with van der Waals surface area (Å²) in [5.41, 5.74) is 3.27. The smallest absolute Gasteiger partial charge is 0.243 e. The van der Waals surface area contributed by atoms with Gasteiger partial charge >= 0.3 is 0 Å². The highest BCUT2D eigenvalue weighted by Gasteiger charge is 2.30. The number of hydrogen-bond acceptors (Lipinski definition) is 3. The third-order valence-corrected chi connectivity index (χ3v) is 4.64. The monoisotopic (exact) mass is 315 g/mol. The number of benzene rings is 1. The van der Waals surface area contributed by atoms with Gasteiger partial charge in [-0.25, -0.2) is 0 Å². The Balaban J connectivity index is 2.14. The zero-order chi connectivity index (χ0) is 16.6. The number of aromatic nitrogens is 1. The molecule has 1 aliphatic heterocycles. The number of aliphatic hydroxyl groups excluding tert-OH is 1. The average molecular weight is 315 g/mol. The molecular formula is C18H25N3O2. The van der Waals surface area contributed by atoms with Crippen molar-refractivity contribution in [2.24, 2.45) is 5.92 Å². The van der Waals surface area contributed by atoms with E-state index in [1.54, 1.807) is 0 Å². The van der Waals surface area contributed by atoms with Gasteiger partial charge in [0.15, 0.2) is 0 Å². The molecule has 0 saturated carbocycles. The van der Waals surface area contributed by atoms with Gasteiger partial charge in [-0.15, -0.1) is 0 Å². The summed E-state index contributed by atoms with van der Waals surface area (Å²) in [6.45, 7) is 4.19. The molecule has 1 amide bonds. The quantitative estimate of drug-likeness (QED) is 0.812. The Hall–Kier alpha value is -2.01. The van der Waals surface area contributed by atoms with Gasteiger partial charge in [0.05, 0.1) is 12.6 Å². The number of rotatable bonds is 3. The number of likely N-dealkylation sites (N-methyl/N-ethyl adjacent to an activating group) is 1. The molecule has 1 aromatic carbocycles. The van der Waals surface area contributed by atoms with E-state index in [0.29, 0.717) is 12.3 Å². The molecule has 5 nitrogen and oxygen atoms in total. The van der Waals surface area contributed by atoms with Crippen LogP contribution in [0.3, 0.4) is 0 Å². The predicted octanol–water partition coefficient (Wildman–Crippen LogP) is 2.05. The van der Waals surface area contributed by atoms with Crippen LogP contribution in [-0.4, -0.2) is 41.7 Å². The van der Waals surface area contributed by atoms with Gasteiger partial charge in [0.25, 0.3) is 0 Å². The zero-order valence-electron chi connectivity index (χ0n) is 14.0. The molecule has 0 unspecified atom stereocenters. The Morgan fingerprint density at radius 1 is 1.39 bits per heavy atom. The van der Waals surface area contributed by atoms with Gasteiger partial charge in [0.2, 0.25) is 5.91 Å². The second-order valence-corrected chi connectivity index (χ2v) is 6.86. The molecule has 23 heavy (non-hydrogen) atoms. The molecule has 2 heterocycles. The molecular weight excluding hydrogens is 290 g/mol. The van der Waals surface area contributed by atoms with Crippen molar-refractivity contribution >= 4 is 22.5 Å². The van der Waals surface area contributed by atoms with E-state index < -0.39 is 0 Å². The lowest BCUT2D eigenvalue weighted by atomic mass is 10.0. The summed E-state index contributed by atoms with van der Waals surface area (Å²) < 4.78 is 0. The van der Waals surface area contributed by atoms with Gasteiger partial charge in [-0.2, -0.15) is 0 Å². The molecule has 2 aromatic rings. The average Bonchev–Trinajstić information content (AvgIpc) is 2.94. The van der Waals surface area contributed by atoms with E-state index in [1.165, 1.54) is 0 Å². The lowest BCUT2D eigenvalue weighted by molar-refractivity contribution is -0.123. The topological polar surface area (TPSA) is 68.4 Å². The number of carbonyl (C=O) groups is 1. The van der Waals surface area contributed by atoms with Crippen LogP contribution in [0.2, 0.25) is 0 Å². The van der Waals surface area contributed by atoms with E-state index in [1.807, 2.05) is 19.3 Å². The van der Waals surface area contributed by atoms with Crippen molar-refractivity contribution in [3.63, 3.8) is 0 Å². The van der Waals surface area contributed by atoms with Gasteiger partial charge < -0.3 is 20.3 Å². The highest BCUT2D eigenvalue weighted by Crippen LogP contribution is 2.33. The van der Waals surface area contributed by atoms with Crippen LogP contribution in [0.4, 0.5) is 5.69 Å². The highest BCUT2D eigenvalue weighted by molar-refractivity contribution is 5.98. The van der Waals surface area contributed by atoms with Crippen molar-refractivity contribution in [3.05, 3.63) is 30.0 Å². The molecule has 0 bridgehead atoms. The number of H-pyrrole nitrogens is 1. The van der Waals surface area contributed by atoms with Crippen LogP contribution >= 0.6 is 0 Å². The zero-order valence-corrected chi connectivity index (χ0v) is 14.0. The third kappa shape index (κ3) is 2.93. The van der Waals surface area contributed by atoms with E-state index in [9.17, 15) is 9.90 Å². The summed E-state index contributed by atoms with van der Waals surface area (Å²) in [4.78, 5) is 18.1. The van der Waals surface area contributed by atoms with Crippen LogP contribution in [0.25, 0.3) is 10.9 Å². The molecule has 3 N–H and O–H groups in total. The summed E-state index contributed by atoms with van der Waals surface area (Å²) in [7, 11) is 1.98. The van der Waals surface area contributed by atoms with Crippen LogP contribution in [0.5, 0.6) is 0 Å². The molecule has 0 spiro atoms. The maximum atomic E-state index is 12.8. The number of carbonyl (C=O) groups excluding carboxylic acids is 1. The second-order valence-electron chi connectivity index (χ2n) is 6.86.